The van der Waals surface area contributed by atoms with Crippen molar-refractivity contribution in [2.45, 2.75) is 44.9 Å². The molecular formula is C20H30ClN3O2. The van der Waals surface area contributed by atoms with E-state index in [1.54, 1.807) is 6.07 Å². The molecule has 2 aliphatic rings. The molecule has 0 radical (unpaired) electrons. The molecule has 3 rings (SSSR count). The molecule has 2 fully saturated rings. The third-order valence-electron chi connectivity index (χ3n) is 5.27. The monoisotopic (exact) mass is 379 g/mol. The molecule has 0 atom stereocenters. The number of hydrogen-bond acceptors (Lipinski definition) is 3. The number of hydrogen-bond donors (Lipinski definition) is 2. The lowest BCUT2D eigenvalue weighted by molar-refractivity contribution is -0.116. The predicted octanol–water partition coefficient (Wildman–Crippen LogP) is 3.45. The van der Waals surface area contributed by atoms with Gasteiger partial charge in [0.25, 0.3) is 5.91 Å². The smallest absolute Gasteiger partial charge is 0.253 e. The van der Waals surface area contributed by atoms with Crippen LogP contribution in [0.15, 0.2) is 24.3 Å². The minimum absolute atomic E-state index is 0. The lowest BCUT2D eigenvalue weighted by Crippen LogP contribution is -2.35. The van der Waals surface area contributed by atoms with E-state index < -0.39 is 0 Å². The Morgan fingerprint density at radius 3 is 2.58 bits per heavy atom. The molecule has 2 heterocycles. The van der Waals surface area contributed by atoms with Crippen LogP contribution in [-0.4, -0.2) is 42.9 Å². The molecule has 0 spiro atoms. The number of rotatable bonds is 5. The summed E-state index contributed by atoms with van der Waals surface area (Å²) < 4.78 is 0. The van der Waals surface area contributed by atoms with E-state index in [1.807, 2.05) is 23.1 Å². The third-order valence-corrected chi connectivity index (χ3v) is 5.27. The summed E-state index contributed by atoms with van der Waals surface area (Å²) in [4.78, 5) is 26.7. The van der Waals surface area contributed by atoms with Crippen LogP contribution in [0.5, 0.6) is 0 Å². The number of halogens is 1. The average molecular weight is 380 g/mol. The Morgan fingerprint density at radius 2 is 1.85 bits per heavy atom. The van der Waals surface area contributed by atoms with Gasteiger partial charge in [-0.1, -0.05) is 6.07 Å². The molecule has 6 heteroatoms. The minimum atomic E-state index is 0. The fraction of sp³-hybridized carbons (Fsp3) is 0.600. The molecule has 2 aliphatic heterocycles. The molecule has 1 aromatic carbocycles. The predicted molar refractivity (Wildman–Crippen MR) is 107 cm³/mol. The summed E-state index contributed by atoms with van der Waals surface area (Å²) in [6, 6.07) is 7.34. The fourth-order valence-corrected chi connectivity index (χ4v) is 3.74. The van der Waals surface area contributed by atoms with E-state index in [0.717, 1.165) is 64.0 Å². The Morgan fingerprint density at radius 1 is 1.12 bits per heavy atom. The molecule has 0 saturated carbocycles. The molecule has 0 aliphatic carbocycles. The molecule has 0 unspecified atom stereocenters. The Bertz CT molecular complexity index is 596. The first-order chi connectivity index (χ1) is 12.2. The van der Waals surface area contributed by atoms with Crippen LogP contribution >= 0.6 is 12.4 Å². The highest BCUT2D eigenvalue weighted by Crippen LogP contribution is 2.19. The fourth-order valence-electron chi connectivity index (χ4n) is 3.74. The molecule has 2 N–H and O–H groups in total. The molecule has 26 heavy (non-hydrogen) atoms. The van der Waals surface area contributed by atoms with Crippen LogP contribution in [0.3, 0.4) is 0 Å². The van der Waals surface area contributed by atoms with E-state index in [-0.39, 0.29) is 24.2 Å². The average Bonchev–Trinajstić information content (AvgIpc) is 2.67. The van der Waals surface area contributed by atoms with Gasteiger partial charge in [-0.3, -0.25) is 9.59 Å². The van der Waals surface area contributed by atoms with Crippen molar-refractivity contribution >= 4 is 29.9 Å². The molecule has 5 nitrogen and oxygen atoms in total. The van der Waals surface area contributed by atoms with Gasteiger partial charge >= 0.3 is 0 Å². The molecule has 1 aromatic rings. The maximum atomic E-state index is 12.6. The number of nitrogens with one attached hydrogen (secondary N) is 2. The first-order valence-corrected chi connectivity index (χ1v) is 9.62. The Balaban J connectivity index is 0.00000243. The Kier molecular flexibility index (Phi) is 8.39. The largest absolute Gasteiger partial charge is 0.339 e. The van der Waals surface area contributed by atoms with Crippen molar-refractivity contribution in [3.05, 3.63) is 29.8 Å². The summed E-state index contributed by atoms with van der Waals surface area (Å²) in [5.74, 6) is 0.769. The van der Waals surface area contributed by atoms with Gasteiger partial charge in [0.1, 0.15) is 0 Å². The quantitative estimate of drug-likeness (QED) is 0.823. The van der Waals surface area contributed by atoms with Crippen molar-refractivity contribution in [1.29, 1.82) is 0 Å². The number of carbonyl (C=O) groups is 2. The summed E-state index contributed by atoms with van der Waals surface area (Å²) in [6.07, 6.45) is 7.18. The maximum absolute atomic E-state index is 12.6. The van der Waals surface area contributed by atoms with Crippen LogP contribution in [0, 0.1) is 5.92 Å². The van der Waals surface area contributed by atoms with Crippen molar-refractivity contribution in [2.75, 3.05) is 31.5 Å². The number of piperidine rings is 2. The normalized spacial score (nSPS) is 18.1. The molecule has 0 bridgehead atoms. The summed E-state index contributed by atoms with van der Waals surface area (Å²) in [7, 11) is 0. The summed E-state index contributed by atoms with van der Waals surface area (Å²) in [5.41, 5.74) is 1.39. The van der Waals surface area contributed by atoms with Crippen molar-refractivity contribution < 1.29 is 9.59 Å². The first-order valence-electron chi connectivity index (χ1n) is 9.62. The van der Waals surface area contributed by atoms with E-state index in [9.17, 15) is 9.59 Å². The van der Waals surface area contributed by atoms with Gasteiger partial charge < -0.3 is 15.5 Å². The second kappa shape index (κ2) is 10.5. The van der Waals surface area contributed by atoms with Gasteiger partial charge in [0.2, 0.25) is 5.91 Å². The molecule has 0 aromatic heterocycles. The van der Waals surface area contributed by atoms with E-state index in [0.29, 0.717) is 17.9 Å². The summed E-state index contributed by atoms with van der Waals surface area (Å²) in [6.45, 7) is 3.80. The lowest BCUT2D eigenvalue weighted by Gasteiger charge is -2.26. The number of anilines is 1. The van der Waals surface area contributed by atoms with E-state index >= 15 is 0 Å². The van der Waals surface area contributed by atoms with Crippen molar-refractivity contribution in [2.24, 2.45) is 5.92 Å². The van der Waals surface area contributed by atoms with Crippen LogP contribution in [0.25, 0.3) is 0 Å². The maximum Gasteiger partial charge on any atom is 0.253 e. The van der Waals surface area contributed by atoms with Gasteiger partial charge in [0, 0.05) is 30.8 Å². The lowest BCUT2D eigenvalue weighted by atomic mass is 9.93. The topological polar surface area (TPSA) is 61.4 Å². The van der Waals surface area contributed by atoms with Crippen LogP contribution in [0.4, 0.5) is 5.69 Å². The minimum Gasteiger partial charge on any atom is -0.339 e. The summed E-state index contributed by atoms with van der Waals surface area (Å²) >= 11 is 0. The van der Waals surface area contributed by atoms with Gasteiger partial charge in [-0.05, 0) is 75.7 Å². The standard InChI is InChI=1S/C20H29N3O2.ClH/c24-19(8-7-16-9-11-21-12-10-16)22-18-6-4-5-17(15-18)20(25)23-13-2-1-3-14-23;/h4-6,15-16,21H,1-3,7-14H2,(H,22,24);1H. The third kappa shape index (κ3) is 5.99. The van der Waals surface area contributed by atoms with Gasteiger partial charge in [0.15, 0.2) is 0 Å². The number of likely N-dealkylation sites (tertiary alicyclic amines) is 1. The van der Waals surface area contributed by atoms with Gasteiger partial charge in [-0.25, -0.2) is 0 Å². The van der Waals surface area contributed by atoms with Gasteiger partial charge in [-0.2, -0.15) is 0 Å². The van der Waals surface area contributed by atoms with Crippen molar-refractivity contribution in [3.63, 3.8) is 0 Å². The van der Waals surface area contributed by atoms with Crippen molar-refractivity contribution in [3.8, 4) is 0 Å². The van der Waals surface area contributed by atoms with Crippen LogP contribution in [0.1, 0.15) is 55.3 Å². The van der Waals surface area contributed by atoms with Gasteiger partial charge in [-0.15, -0.1) is 12.4 Å². The number of nitrogens with zero attached hydrogens (tertiary/aromatic N) is 1. The molecular weight excluding hydrogens is 350 g/mol. The molecule has 144 valence electrons. The van der Waals surface area contributed by atoms with Crippen LogP contribution in [0.2, 0.25) is 0 Å². The van der Waals surface area contributed by atoms with Crippen LogP contribution in [-0.2, 0) is 4.79 Å². The number of benzene rings is 1. The highest BCUT2D eigenvalue weighted by atomic mass is 35.5. The number of amides is 2. The SMILES string of the molecule is Cl.O=C(CCC1CCNCC1)Nc1cccc(C(=O)N2CCCCC2)c1. The first kappa shape index (κ1) is 20.7. The Hall–Kier alpha value is -1.59. The molecule has 2 saturated heterocycles. The van der Waals surface area contributed by atoms with E-state index in [4.69, 9.17) is 0 Å². The highest BCUT2D eigenvalue weighted by molar-refractivity contribution is 5.97. The van der Waals surface area contributed by atoms with Crippen molar-refractivity contribution in [1.82, 2.24) is 10.2 Å². The molecule has 2 amide bonds. The van der Waals surface area contributed by atoms with Crippen LogP contribution < -0.4 is 10.6 Å². The second-order valence-corrected chi connectivity index (χ2v) is 7.21. The van der Waals surface area contributed by atoms with Gasteiger partial charge in [0.05, 0.1) is 0 Å². The summed E-state index contributed by atoms with van der Waals surface area (Å²) in [5, 5.41) is 6.30. The number of carbonyl (C=O) groups excluding carboxylic acids is 2. The zero-order valence-corrected chi connectivity index (χ0v) is 16.2. The highest BCUT2D eigenvalue weighted by Gasteiger charge is 2.19. The van der Waals surface area contributed by atoms with E-state index in [1.165, 1.54) is 6.42 Å². The van der Waals surface area contributed by atoms with E-state index in [2.05, 4.69) is 10.6 Å². The zero-order valence-electron chi connectivity index (χ0n) is 15.3. The zero-order chi connectivity index (χ0) is 17.5. The Labute approximate surface area is 162 Å². The second-order valence-electron chi connectivity index (χ2n) is 7.21.